The average Bonchev–Trinajstić information content (AvgIpc) is 2.15. The van der Waals surface area contributed by atoms with Gasteiger partial charge in [0.15, 0.2) is 12.1 Å². The van der Waals surface area contributed by atoms with Crippen molar-refractivity contribution in [2.75, 3.05) is 12.1 Å². The van der Waals surface area contributed by atoms with E-state index < -0.39 is 11.6 Å². The third kappa shape index (κ3) is 46.5. The van der Waals surface area contributed by atoms with Crippen LogP contribution >= 0.6 is 34.8 Å². The fourth-order valence-corrected chi connectivity index (χ4v) is 0.612. The van der Waals surface area contributed by atoms with E-state index in [0.29, 0.717) is 0 Å². The Morgan fingerprint density at radius 1 is 1.05 bits per heavy atom. The Bertz CT molecular complexity index is 221. The van der Waals surface area contributed by atoms with E-state index in [2.05, 4.69) is 25.8 Å². The topological polar surface area (TPSA) is 82.1 Å². The molecule has 0 fully saturated rings. The van der Waals surface area contributed by atoms with Gasteiger partial charge in [0.1, 0.15) is 0 Å². The molecule has 0 saturated heterocycles. The van der Waals surface area contributed by atoms with Crippen LogP contribution in [0.3, 0.4) is 0 Å². The predicted molar refractivity (Wildman–Crippen MR) is 73.8 cm³/mol. The van der Waals surface area contributed by atoms with Crippen molar-refractivity contribution in [3.8, 4) is 0 Å². The summed E-state index contributed by atoms with van der Waals surface area (Å²) < 4.78 is 12.7. The third-order valence-electron chi connectivity index (χ3n) is 0.672. The molecule has 9 heteroatoms. The summed E-state index contributed by atoms with van der Waals surface area (Å²) in [5, 5.41) is 8.06. The van der Waals surface area contributed by atoms with E-state index in [0.717, 1.165) is 0 Å². The van der Waals surface area contributed by atoms with Crippen LogP contribution in [0.15, 0.2) is 0 Å². The molecule has 19 heavy (non-hydrogen) atoms. The van der Waals surface area contributed by atoms with Crippen molar-refractivity contribution in [2.45, 2.75) is 39.9 Å². The van der Waals surface area contributed by atoms with Gasteiger partial charge in [0.2, 0.25) is 0 Å². The van der Waals surface area contributed by atoms with Crippen LogP contribution in [0.5, 0.6) is 0 Å². The fourth-order valence-electron chi connectivity index (χ4n) is 0.314. The van der Waals surface area contributed by atoms with Crippen molar-refractivity contribution >= 4 is 46.4 Å². The number of aliphatic hydroxyl groups is 1. The highest BCUT2D eigenvalue weighted by molar-refractivity contribution is 6.61. The molecule has 0 aromatic heterocycles. The van der Waals surface area contributed by atoms with Crippen LogP contribution in [0.1, 0.15) is 27.7 Å². The molecule has 0 radical (unpaired) electrons. The molecule has 0 saturated carbocycles. The smallest absolute Gasteiger partial charge is 0.437 e. The zero-order chi connectivity index (χ0) is 15.8. The van der Waals surface area contributed by atoms with Crippen LogP contribution in [0.25, 0.3) is 0 Å². The van der Waals surface area contributed by atoms with Crippen LogP contribution in [-0.2, 0) is 14.2 Å². The summed E-state index contributed by atoms with van der Waals surface area (Å²) in [6.45, 7) is 6.91. The Labute approximate surface area is 127 Å². The van der Waals surface area contributed by atoms with Crippen molar-refractivity contribution in [1.29, 1.82) is 0 Å². The van der Waals surface area contributed by atoms with Gasteiger partial charge in [-0.15, -0.1) is 0 Å². The van der Waals surface area contributed by atoms with E-state index in [9.17, 15) is 9.59 Å². The minimum absolute atomic E-state index is 0.152. The van der Waals surface area contributed by atoms with Crippen molar-refractivity contribution in [2.24, 2.45) is 0 Å². The molecule has 0 rings (SSSR count). The summed E-state index contributed by atoms with van der Waals surface area (Å²) in [5.41, 5.74) is -0.870. The lowest BCUT2D eigenvalue weighted by Crippen LogP contribution is -2.11. The molecule has 0 amide bonds. The van der Waals surface area contributed by atoms with E-state index in [-0.39, 0.29) is 24.3 Å². The highest BCUT2D eigenvalue weighted by Crippen LogP contribution is 1.92. The molecule has 0 bridgehead atoms. The minimum atomic E-state index is -0.870. The van der Waals surface area contributed by atoms with Gasteiger partial charge < -0.3 is 19.3 Å². The highest BCUT2D eigenvalue weighted by Gasteiger charge is 2.03. The number of carbonyl (C=O) groups excluding carboxylic acids is 2. The lowest BCUT2D eigenvalue weighted by molar-refractivity contribution is 0.0453. The van der Waals surface area contributed by atoms with Crippen LogP contribution in [0.4, 0.5) is 9.59 Å². The normalized spacial score (nSPS) is 8.74. The van der Waals surface area contributed by atoms with Crippen molar-refractivity contribution in [1.82, 2.24) is 0 Å². The van der Waals surface area contributed by atoms with Gasteiger partial charge in [-0.2, -0.15) is 0 Å². The molecule has 0 aliphatic rings. The van der Waals surface area contributed by atoms with Crippen LogP contribution < -0.4 is 0 Å². The summed E-state index contributed by atoms with van der Waals surface area (Å²) in [7, 11) is 0. The Morgan fingerprint density at radius 3 is 1.58 bits per heavy atom. The monoisotopic (exact) mass is 340 g/mol. The molecular formula is C10H19Cl3O6. The van der Waals surface area contributed by atoms with Crippen LogP contribution in [0.2, 0.25) is 0 Å². The Morgan fingerprint density at radius 2 is 1.42 bits per heavy atom. The molecule has 0 spiro atoms. The lowest BCUT2D eigenvalue weighted by atomic mass is 10.5. The van der Waals surface area contributed by atoms with Gasteiger partial charge in [-0.3, -0.25) is 0 Å². The first-order chi connectivity index (χ1) is 8.67. The molecule has 1 N–H and O–H groups in total. The predicted octanol–water partition coefficient (Wildman–Crippen LogP) is 3.69. The van der Waals surface area contributed by atoms with Gasteiger partial charge >= 0.3 is 11.6 Å². The first kappa shape index (κ1) is 23.6. The van der Waals surface area contributed by atoms with Gasteiger partial charge in [-0.25, -0.2) is 9.59 Å². The zero-order valence-corrected chi connectivity index (χ0v) is 13.5. The summed E-state index contributed by atoms with van der Waals surface area (Å²) in [6, 6.07) is -0.339. The number of rotatable bonds is 3. The fraction of sp³-hybridized carbons (Fsp3) is 0.800. The molecule has 0 aliphatic heterocycles. The van der Waals surface area contributed by atoms with Gasteiger partial charge in [0, 0.05) is 17.7 Å². The number of aliphatic hydroxyl groups excluding tert-OH is 1. The van der Waals surface area contributed by atoms with Gasteiger partial charge in [-0.05, 0) is 27.7 Å². The third-order valence-corrected chi connectivity index (χ3v) is 1.000. The quantitative estimate of drug-likeness (QED) is 0.479. The second kappa shape index (κ2) is 17.6. The number of hydrogen-bond acceptors (Lipinski definition) is 6. The number of hydrogen-bond donors (Lipinski definition) is 1. The van der Waals surface area contributed by atoms with Crippen molar-refractivity contribution < 1.29 is 28.9 Å². The lowest BCUT2D eigenvalue weighted by Gasteiger charge is -2.05. The molecule has 116 valence electrons. The number of ether oxygens (including phenoxy) is 3. The van der Waals surface area contributed by atoms with Crippen molar-refractivity contribution in [3.63, 3.8) is 0 Å². The van der Waals surface area contributed by atoms with Crippen LogP contribution in [0, 0.1) is 0 Å². The number of carbonyl (C=O) groups is 2. The average molecular weight is 342 g/mol. The Hall–Kier alpha value is -0.430. The SMILES string of the molecule is CC(C)O.CC(C)OC(=O)OCCl.O=C(Cl)OCCl. The standard InChI is InChI=1S/C5H9ClO3.C3H8O.C2H2Cl2O2/c1-4(2)9-5(7)8-3-6;1-3(2)4;3-1-6-2(4)5/h4H,3H2,1-2H3;3-4H,1-2H3;1H2. The van der Waals surface area contributed by atoms with E-state index in [1.165, 1.54) is 0 Å². The van der Waals surface area contributed by atoms with E-state index in [1.807, 2.05) is 0 Å². The van der Waals surface area contributed by atoms with E-state index in [4.69, 9.17) is 28.3 Å². The van der Waals surface area contributed by atoms with E-state index >= 15 is 0 Å². The van der Waals surface area contributed by atoms with Gasteiger partial charge in [-0.1, -0.05) is 23.2 Å². The summed E-state index contributed by atoms with van der Waals surface area (Å²) in [6.07, 6.45) is -1.04. The molecule has 0 heterocycles. The maximum Gasteiger partial charge on any atom is 0.509 e. The Kier molecular flexibility index (Phi) is 21.9. The van der Waals surface area contributed by atoms with Crippen molar-refractivity contribution in [3.05, 3.63) is 0 Å². The summed E-state index contributed by atoms with van der Waals surface area (Å²) >= 11 is 14.6. The molecule has 0 atom stereocenters. The highest BCUT2D eigenvalue weighted by atomic mass is 35.5. The molecule has 0 aromatic rings. The minimum Gasteiger partial charge on any atom is -0.437 e. The molecular weight excluding hydrogens is 322 g/mol. The first-order valence-electron chi connectivity index (χ1n) is 5.12. The first-order valence-corrected chi connectivity index (χ1v) is 6.57. The molecule has 0 unspecified atom stereocenters. The largest absolute Gasteiger partial charge is 0.509 e. The van der Waals surface area contributed by atoms with Gasteiger partial charge in [0.05, 0.1) is 6.10 Å². The molecule has 0 aromatic carbocycles. The maximum atomic E-state index is 10.3. The number of halogens is 3. The van der Waals surface area contributed by atoms with Gasteiger partial charge in [0.25, 0.3) is 0 Å². The van der Waals surface area contributed by atoms with E-state index in [1.54, 1.807) is 27.7 Å². The van der Waals surface area contributed by atoms with Crippen LogP contribution in [-0.4, -0.2) is 41.0 Å². The second-order valence-electron chi connectivity index (χ2n) is 3.25. The zero-order valence-electron chi connectivity index (χ0n) is 11.2. The maximum absolute atomic E-state index is 10.3. The second-order valence-corrected chi connectivity index (χ2v) is 4.00. The molecule has 0 aliphatic carbocycles. The summed E-state index contributed by atoms with van der Waals surface area (Å²) in [5.74, 6) is 0. The Balaban J connectivity index is -0.000000222. The summed E-state index contributed by atoms with van der Waals surface area (Å²) in [4.78, 5) is 19.8. The molecule has 6 nitrogen and oxygen atoms in total. The number of alkyl halides is 2.